The van der Waals surface area contributed by atoms with Crippen molar-refractivity contribution in [2.24, 2.45) is 10.9 Å². The molecule has 2 aliphatic heterocycles. The van der Waals surface area contributed by atoms with Crippen molar-refractivity contribution in [1.29, 1.82) is 0 Å². The molecule has 0 radical (unpaired) electrons. The molecule has 6 atom stereocenters. The SMILES string of the molecule is Cc1nc2c(s1)CC[C@H]2C1=NC2CC(CC3CCC([C@H](O[Si](C)(C)C(C)(C)C)c4ccccc4)N3C(=O)OC(C)(C)C)CC=C2N1C. The van der Waals surface area contributed by atoms with Crippen LogP contribution in [-0.4, -0.2) is 65.8 Å². The first-order chi connectivity index (χ1) is 22.0. The highest BCUT2D eigenvalue weighted by molar-refractivity contribution is 7.11. The van der Waals surface area contributed by atoms with Gasteiger partial charge in [0.25, 0.3) is 0 Å². The molecule has 0 saturated carbocycles. The standard InChI is InChI=1S/C38H56N4O3SSi/c1-24-39-33-28(18-21-32(33)46-24)35-40-29-23-25(16-19-30(29)41(35)8)22-27-17-20-31(42(27)36(43)44-37(2,3)4)34(26-14-12-11-13-15-26)45-47(9,10)38(5,6)7/h11-15,19,25,27-29,31,34H,16-18,20-23H2,1-10H3/t25?,27?,28-,29?,31?,34-/m1/s1. The van der Waals surface area contributed by atoms with Crippen molar-refractivity contribution in [3.05, 3.63) is 63.2 Å². The average molecular weight is 677 g/mol. The van der Waals surface area contributed by atoms with Crippen LogP contribution in [0.25, 0.3) is 0 Å². The molecule has 7 nitrogen and oxygen atoms in total. The number of hydrogen-bond donors (Lipinski definition) is 0. The Bertz CT molecular complexity index is 1520. The molecule has 0 spiro atoms. The second-order valence-corrected chi connectivity index (χ2v) is 22.8. The highest BCUT2D eigenvalue weighted by atomic mass is 32.1. The Labute approximate surface area is 288 Å². The summed E-state index contributed by atoms with van der Waals surface area (Å²) in [7, 11) is 0.0308. The fourth-order valence-electron chi connectivity index (χ4n) is 7.86. The van der Waals surface area contributed by atoms with Crippen molar-refractivity contribution >= 4 is 31.6 Å². The number of amides is 1. The van der Waals surface area contributed by atoms with Crippen molar-refractivity contribution in [2.75, 3.05) is 7.05 Å². The van der Waals surface area contributed by atoms with Crippen LogP contribution in [0.1, 0.15) is 113 Å². The molecule has 47 heavy (non-hydrogen) atoms. The van der Waals surface area contributed by atoms with E-state index in [1.807, 2.05) is 32.1 Å². The number of aliphatic imine (C=N–C) groups is 1. The number of likely N-dealkylation sites (tertiary alicyclic amines) is 1. The minimum absolute atomic E-state index is 0.0487. The molecular formula is C38H56N4O3SSi. The van der Waals surface area contributed by atoms with Gasteiger partial charge in [0, 0.05) is 23.7 Å². The second-order valence-electron chi connectivity index (χ2n) is 16.8. The lowest BCUT2D eigenvalue weighted by Crippen LogP contribution is -2.50. The number of nitrogens with zero attached hydrogens (tertiary/aromatic N) is 4. The number of ether oxygens (including phenoxy) is 1. The van der Waals surface area contributed by atoms with Crippen LogP contribution in [0.2, 0.25) is 18.1 Å². The van der Waals surface area contributed by atoms with Crippen LogP contribution in [0.15, 0.2) is 47.1 Å². The fourth-order valence-corrected chi connectivity index (χ4v) is 10.2. The Morgan fingerprint density at radius 2 is 1.81 bits per heavy atom. The molecule has 1 aromatic heterocycles. The van der Waals surface area contributed by atoms with Gasteiger partial charge in [0.15, 0.2) is 8.32 Å². The number of allylic oxidation sites excluding steroid dienone is 1. The highest BCUT2D eigenvalue weighted by Crippen LogP contribution is 2.47. The number of thiazole rings is 1. The molecular weight excluding hydrogens is 621 g/mol. The van der Waals surface area contributed by atoms with E-state index in [0.29, 0.717) is 11.8 Å². The van der Waals surface area contributed by atoms with Crippen molar-refractivity contribution in [2.45, 2.75) is 147 Å². The van der Waals surface area contributed by atoms with Gasteiger partial charge in [0.2, 0.25) is 0 Å². The lowest BCUT2D eigenvalue weighted by Gasteiger charge is -2.43. The summed E-state index contributed by atoms with van der Waals surface area (Å²) in [6, 6.07) is 10.8. The fraction of sp³-hybridized carbons (Fsp3) is 0.658. The Morgan fingerprint density at radius 1 is 1.09 bits per heavy atom. The predicted molar refractivity (Wildman–Crippen MR) is 195 cm³/mol. The lowest BCUT2D eigenvalue weighted by molar-refractivity contribution is -0.00486. The molecule has 2 aromatic rings. The van der Waals surface area contributed by atoms with Crippen LogP contribution in [-0.2, 0) is 15.6 Å². The first-order valence-electron chi connectivity index (χ1n) is 17.7. The zero-order valence-electron chi connectivity index (χ0n) is 30.3. The lowest BCUT2D eigenvalue weighted by atomic mass is 9.84. The number of benzene rings is 1. The van der Waals surface area contributed by atoms with Gasteiger partial charge in [-0.15, -0.1) is 11.3 Å². The number of likely N-dealkylation sites (N-methyl/N-ethyl adjacent to an activating group) is 1. The third kappa shape index (κ3) is 7.00. The molecule has 9 heteroatoms. The van der Waals surface area contributed by atoms with E-state index < -0.39 is 13.9 Å². The Kier molecular flexibility index (Phi) is 9.33. The summed E-state index contributed by atoms with van der Waals surface area (Å²) in [5.41, 5.74) is 3.17. The van der Waals surface area contributed by atoms with E-state index in [4.69, 9.17) is 19.1 Å². The van der Waals surface area contributed by atoms with Crippen LogP contribution in [0.5, 0.6) is 0 Å². The molecule has 0 bridgehead atoms. The monoisotopic (exact) mass is 676 g/mol. The molecule has 3 heterocycles. The number of hydrogen-bond acceptors (Lipinski definition) is 7. The summed E-state index contributed by atoms with van der Waals surface area (Å²) in [4.78, 5) is 30.3. The normalized spacial score (nSPS) is 27.0. The molecule has 1 saturated heterocycles. The topological polar surface area (TPSA) is 67.3 Å². The minimum atomic E-state index is -2.16. The number of aromatic nitrogens is 1. The van der Waals surface area contributed by atoms with Crippen LogP contribution < -0.4 is 0 Å². The maximum atomic E-state index is 14.2. The summed E-state index contributed by atoms with van der Waals surface area (Å²) in [6.45, 7) is 19.5. The van der Waals surface area contributed by atoms with E-state index in [1.54, 1.807) is 0 Å². The molecule has 2 aliphatic carbocycles. The molecule has 4 unspecified atom stereocenters. The van der Waals surface area contributed by atoms with Gasteiger partial charge in [-0.05, 0) is 102 Å². The Hall–Kier alpha value is -2.49. The number of fused-ring (bicyclic) bond motifs is 2. The summed E-state index contributed by atoms with van der Waals surface area (Å²) in [5, 5.41) is 1.21. The van der Waals surface area contributed by atoms with Crippen LogP contribution in [0.4, 0.5) is 4.79 Å². The summed E-state index contributed by atoms with van der Waals surface area (Å²) >= 11 is 1.85. The molecule has 256 valence electrons. The van der Waals surface area contributed by atoms with E-state index >= 15 is 0 Å². The number of aryl methyl sites for hydroxylation is 2. The van der Waals surface area contributed by atoms with Crippen molar-refractivity contribution in [3.8, 4) is 0 Å². The van der Waals surface area contributed by atoms with E-state index in [0.717, 1.165) is 55.5 Å². The van der Waals surface area contributed by atoms with Crippen molar-refractivity contribution in [1.82, 2.24) is 14.8 Å². The number of rotatable bonds is 7. The molecule has 1 amide bonds. The Morgan fingerprint density at radius 3 is 2.49 bits per heavy atom. The Balaban J connectivity index is 1.24. The quantitative estimate of drug-likeness (QED) is 0.274. The zero-order chi connectivity index (χ0) is 33.9. The first-order valence-corrected chi connectivity index (χ1v) is 21.5. The van der Waals surface area contributed by atoms with Crippen LogP contribution in [0, 0.1) is 12.8 Å². The number of amidine groups is 1. The van der Waals surface area contributed by atoms with E-state index in [9.17, 15) is 4.79 Å². The maximum absolute atomic E-state index is 14.2. The number of carbonyl (C=O) groups is 1. The van der Waals surface area contributed by atoms with Gasteiger partial charge in [-0.1, -0.05) is 57.2 Å². The van der Waals surface area contributed by atoms with Gasteiger partial charge < -0.3 is 14.1 Å². The molecule has 1 aromatic carbocycles. The van der Waals surface area contributed by atoms with Crippen LogP contribution >= 0.6 is 11.3 Å². The maximum Gasteiger partial charge on any atom is 0.410 e. The van der Waals surface area contributed by atoms with Gasteiger partial charge in [0.1, 0.15) is 11.4 Å². The van der Waals surface area contributed by atoms with Crippen LogP contribution in [0.3, 0.4) is 0 Å². The third-order valence-electron chi connectivity index (χ3n) is 11.2. The van der Waals surface area contributed by atoms with E-state index in [2.05, 4.69) is 94.0 Å². The molecule has 6 rings (SSSR count). The summed E-state index contributed by atoms with van der Waals surface area (Å²) in [5.74, 6) is 1.95. The van der Waals surface area contributed by atoms with Gasteiger partial charge in [-0.2, -0.15) is 0 Å². The van der Waals surface area contributed by atoms with Gasteiger partial charge in [0.05, 0.1) is 34.8 Å². The minimum Gasteiger partial charge on any atom is -0.444 e. The summed E-state index contributed by atoms with van der Waals surface area (Å²) in [6.07, 6.45) is 9.05. The summed E-state index contributed by atoms with van der Waals surface area (Å²) < 4.78 is 13.4. The average Bonchev–Trinajstić information content (AvgIpc) is 3.73. The highest BCUT2D eigenvalue weighted by Gasteiger charge is 2.49. The second kappa shape index (κ2) is 12.8. The molecule has 0 N–H and O–H groups in total. The van der Waals surface area contributed by atoms with Crippen molar-refractivity contribution < 1.29 is 14.0 Å². The van der Waals surface area contributed by atoms with Gasteiger partial charge >= 0.3 is 6.09 Å². The predicted octanol–water partition coefficient (Wildman–Crippen LogP) is 9.41. The van der Waals surface area contributed by atoms with E-state index in [1.165, 1.54) is 22.1 Å². The van der Waals surface area contributed by atoms with Gasteiger partial charge in [-0.3, -0.25) is 9.89 Å². The van der Waals surface area contributed by atoms with E-state index in [-0.39, 0.29) is 35.4 Å². The smallest absolute Gasteiger partial charge is 0.410 e. The largest absolute Gasteiger partial charge is 0.444 e. The zero-order valence-corrected chi connectivity index (χ0v) is 32.1. The van der Waals surface area contributed by atoms with Crippen molar-refractivity contribution in [3.63, 3.8) is 0 Å². The third-order valence-corrected chi connectivity index (χ3v) is 16.7. The van der Waals surface area contributed by atoms with Gasteiger partial charge in [-0.25, -0.2) is 9.78 Å². The number of carbonyl (C=O) groups excluding carboxylic acids is 1. The molecule has 1 fully saturated rings. The molecule has 4 aliphatic rings. The first kappa shape index (κ1) is 34.4.